The number of carbonyl (C=O) groups excluding carboxylic acids is 1. The van der Waals surface area contributed by atoms with Gasteiger partial charge in [0.1, 0.15) is 17.7 Å². The first-order valence-electron chi connectivity index (χ1n) is 8.47. The van der Waals surface area contributed by atoms with Gasteiger partial charge in [0.2, 0.25) is 5.91 Å². The van der Waals surface area contributed by atoms with Crippen LogP contribution in [0.4, 0.5) is 18.9 Å². The molecule has 1 saturated heterocycles. The third-order valence-electron chi connectivity index (χ3n) is 4.84. The van der Waals surface area contributed by atoms with Crippen LogP contribution in [0.3, 0.4) is 0 Å². The Morgan fingerprint density at radius 1 is 1.41 bits per heavy atom. The van der Waals surface area contributed by atoms with Gasteiger partial charge in [0, 0.05) is 37.1 Å². The molecular weight excluding hydrogens is 361 g/mol. The van der Waals surface area contributed by atoms with Gasteiger partial charge in [0.15, 0.2) is 0 Å². The molecule has 1 amide bonds. The number of H-pyrrole nitrogens is 1. The molecule has 1 N–H and O–H groups in total. The number of aromatic amines is 1. The second kappa shape index (κ2) is 6.36. The molecule has 0 bridgehead atoms. The van der Waals surface area contributed by atoms with E-state index in [1.54, 1.807) is 18.6 Å². The molecule has 7 nitrogen and oxygen atoms in total. The summed E-state index contributed by atoms with van der Waals surface area (Å²) in [6.45, 7) is -0.334. The highest BCUT2D eigenvalue weighted by molar-refractivity contribution is 6.09. The van der Waals surface area contributed by atoms with Gasteiger partial charge < -0.3 is 14.8 Å². The van der Waals surface area contributed by atoms with Crippen molar-refractivity contribution >= 4 is 33.5 Å². The molecule has 1 aliphatic rings. The molecule has 27 heavy (non-hydrogen) atoms. The largest absolute Gasteiger partial charge is 0.406 e. The first-order valence-corrected chi connectivity index (χ1v) is 8.47. The van der Waals surface area contributed by atoms with Crippen molar-refractivity contribution in [2.24, 2.45) is 5.92 Å². The van der Waals surface area contributed by atoms with Gasteiger partial charge in [-0.3, -0.25) is 4.79 Å². The van der Waals surface area contributed by atoms with Crippen LogP contribution in [0.15, 0.2) is 24.7 Å². The lowest BCUT2D eigenvalue weighted by molar-refractivity contribution is -0.160. The van der Waals surface area contributed by atoms with E-state index in [0.29, 0.717) is 30.7 Å². The second-order valence-corrected chi connectivity index (χ2v) is 6.73. The zero-order valence-electron chi connectivity index (χ0n) is 14.5. The van der Waals surface area contributed by atoms with Crippen LogP contribution < -0.4 is 4.90 Å². The Morgan fingerprint density at radius 2 is 2.22 bits per heavy atom. The third-order valence-corrected chi connectivity index (χ3v) is 4.84. The summed E-state index contributed by atoms with van der Waals surface area (Å²) >= 11 is 0. The monoisotopic (exact) mass is 378 g/mol. The molecule has 10 heteroatoms. The van der Waals surface area contributed by atoms with Crippen LogP contribution in [0.5, 0.6) is 0 Å². The molecule has 1 aliphatic heterocycles. The maximum Gasteiger partial charge on any atom is 0.406 e. The zero-order chi connectivity index (χ0) is 19.2. The molecule has 142 valence electrons. The average Bonchev–Trinajstić information content (AvgIpc) is 3.28. The maximum atomic E-state index is 12.6. The quantitative estimate of drug-likeness (QED) is 0.757. The summed E-state index contributed by atoms with van der Waals surface area (Å²) in [7, 11) is 1.19. The van der Waals surface area contributed by atoms with E-state index < -0.39 is 24.5 Å². The molecule has 1 atom stereocenters. The van der Waals surface area contributed by atoms with Gasteiger partial charge in [-0.1, -0.05) is 0 Å². The van der Waals surface area contributed by atoms with Crippen molar-refractivity contribution < 1.29 is 18.0 Å². The van der Waals surface area contributed by atoms with Gasteiger partial charge in [-0.25, -0.2) is 4.98 Å². The second-order valence-electron chi connectivity index (χ2n) is 6.73. The third kappa shape index (κ3) is 3.26. The lowest BCUT2D eigenvalue weighted by Gasteiger charge is -2.23. The van der Waals surface area contributed by atoms with Crippen LogP contribution >= 0.6 is 0 Å². The molecule has 0 spiro atoms. The number of anilines is 1. The highest BCUT2D eigenvalue weighted by Crippen LogP contribution is 2.33. The molecule has 1 unspecified atom stereocenters. The Balaban J connectivity index is 1.61. The van der Waals surface area contributed by atoms with Gasteiger partial charge in [0.05, 0.1) is 24.0 Å². The van der Waals surface area contributed by atoms with Gasteiger partial charge in [-0.2, -0.15) is 18.3 Å². The van der Waals surface area contributed by atoms with E-state index in [1.165, 1.54) is 7.05 Å². The Kier molecular flexibility index (Phi) is 4.12. The fourth-order valence-electron chi connectivity index (χ4n) is 3.63. The molecular formula is C17H17F3N6O. The molecule has 0 radical (unpaired) electrons. The van der Waals surface area contributed by atoms with Crippen LogP contribution in [0, 0.1) is 5.92 Å². The topological polar surface area (TPSA) is 78.0 Å². The molecule has 4 rings (SSSR count). The van der Waals surface area contributed by atoms with E-state index in [-0.39, 0.29) is 0 Å². The van der Waals surface area contributed by atoms with Crippen LogP contribution in [0.1, 0.15) is 6.42 Å². The fourth-order valence-corrected chi connectivity index (χ4v) is 3.63. The number of halogens is 3. The van der Waals surface area contributed by atoms with Gasteiger partial charge in [0.25, 0.3) is 0 Å². The number of carbonyl (C=O) groups is 1. The predicted octanol–water partition coefficient (Wildman–Crippen LogP) is 2.35. The number of nitrogens with zero attached hydrogens (tertiary/aromatic N) is 5. The van der Waals surface area contributed by atoms with Crippen LogP contribution in [0.25, 0.3) is 21.9 Å². The van der Waals surface area contributed by atoms with Crippen molar-refractivity contribution in [2.45, 2.75) is 12.6 Å². The number of fused-ring (bicyclic) bond motifs is 3. The first-order chi connectivity index (χ1) is 12.8. The number of hydrogen-bond acceptors (Lipinski definition) is 5. The Bertz CT molecular complexity index is 1000. The minimum Gasteiger partial charge on any atom is -0.369 e. The highest BCUT2D eigenvalue weighted by atomic mass is 19.4. The van der Waals surface area contributed by atoms with Crippen molar-refractivity contribution in [1.29, 1.82) is 0 Å². The maximum absolute atomic E-state index is 12.6. The minimum atomic E-state index is -4.40. The highest BCUT2D eigenvalue weighted by Gasteiger charge is 2.36. The zero-order valence-corrected chi connectivity index (χ0v) is 14.5. The first kappa shape index (κ1) is 17.5. The summed E-state index contributed by atoms with van der Waals surface area (Å²) in [5, 5.41) is 9.89. The predicted molar refractivity (Wildman–Crippen MR) is 93.2 cm³/mol. The van der Waals surface area contributed by atoms with Gasteiger partial charge in [-0.15, -0.1) is 5.10 Å². The minimum absolute atomic E-state index is 0.343. The average molecular weight is 378 g/mol. The molecule has 3 aromatic heterocycles. The summed E-state index contributed by atoms with van der Waals surface area (Å²) in [6, 6.07) is 1.89. The lowest BCUT2D eigenvalue weighted by atomic mass is 10.1. The summed E-state index contributed by atoms with van der Waals surface area (Å²) in [5.41, 5.74) is 2.15. The molecule has 4 heterocycles. The van der Waals surface area contributed by atoms with E-state index in [1.807, 2.05) is 11.0 Å². The molecule has 1 fully saturated rings. The normalized spacial score (nSPS) is 17.8. The fraction of sp³-hybridized carbons (Fsp3) is 0.412. The number of hydrogen-bond donors (Lipinski definition) is 1. The van der Waals surface area contributed by atoms with Crippen molar-refractivity contribution in [2.75, 3.05) is 31.6 Å². The SMILES string of the molecule is CN(CC(F)(F)F)C(=O)C1CCN(c2cnnc3cnc4[nH]ccc4c23)C1. The van der Waals surface area contributed by atoms with Crippen molar-refractivity contribution in [1.82, 2.24) is 25.1 Å². The molecule has 3 aromatic rings. The van der Waals surface area contributed by atoms with E-state index in [0.717, 1.165) is 21.4 Å². The standard InChI is InChI=1S/C17H17F3N6O/c1-25(9-17(18,19)20)16(27)10-3-5-26(8-10)13-7-23-24-12-6-22-15-11(14(12)13)2-4-21-15/h2,4,6-7,10H,3,5,8-9H2,1H3,(H,21,22). The van der Waals surface area contributed by atoms with Crippen molar-refractivity contribution in [3.8, 4) is 0 Å². The smallest absolute Gasteiger partial charge is 0.369 e. The van der Waals surface area contributed by atoms with E-state index in [9.17, 15) is 18.0 Å². The number of aromatic nitrogens is 4. The van der Waals surface area contributed by atoms with E-state index in [2.05, 4.69) is 20.2 Å². The summed E-state index contributed by atoms with van der Waals surface area (Å²) in [5.74, 6) is -0.973. The van der Waals surface area contributed by atoms with Crippen LogP contribution in [-0.2, 0) is 4.79 Å². The summed E-state index contributed by atoms with van der Waals surface area (Å²) in [4.78, 5) is 22.5. The lowest BCUT2D eigenvalue weighted by Crippen LogP contribution is -2.40. The number of rotatable bonds is 3. The molecule has 0 aromatic carbocycles. The summed E-state index contributed by atoms with van der Waals surface area (Å²) < 4.78 is 37.7. The van der Waals surface area contributed by atoms with E-state index in [4.69, 9.17) is 0 Å². The molecule has 0 saturated carbocycles. The number of nitrogens with one attached hydrogen (secondary N) is 1. The Labute approximate surface area is 152 Å². The Hall–Kier alpha value is -2.91. The van der Waals surface area contributed by atoms with Crippen LogP contribution in [0.2, 0.25) is 0 Å². The van der Waals surface area contributed by atoms with Crippen LogP contribution in [-0.4, -0.2) is 63.8 Å². The van der Waals surface area contributed by atoms with Crippen molar-refractivity contribution in [3.05, 3.63) is 24.7 Å². The Morgan fingerprint density at radius 3 is 3.00 bits per heavy atom. The number of amides is 1. The molecule has 0 aliphatic carbocycles. The van der Waals surface area contributed by atoms with Gasteiger partial charge in [-0.05, 0) is 12.5 Å². The summed E-state index contributed by atoms with van der Waals surface area (Å²) in [6.07, 6.45) is 1.12. The number of alkyl halides is 3. The number of pyridine rings is 1. The van der Waals surface area contributed by atoms with Gasteiger partial charge >= 0.3 is 6.18 Å². The van der Waals surface area contributed by atoms with E-state index >= 15 is 0 Å². The van der Waals surface area contributed by atoms with Crippen molar-refractivity contribution in [3.63, 3.8) is 0 Å².